The maximum absolute atomic E-state index is 11.9. The summed E-state index contributed by atoms with van der Waals surface area (Å²) in [5.41, 5.74) is 0. The first-order chi connectivity index (χ1) is 8.08. The van der Waals surface area contributed by atoms with Crippen LogP contribution in [0.15, 0.2) is 0 Å². The third-order valence-electron chi connectivity index (χ3n) is 3.33. The van der Waals surface area contributed by atoms with Crippen molar-refractivity contribution in [3.8, 4) is 0 Å². The van der Waals surface area contributed by atoms with Crippen LogP contribution in [0.3, 0.4) is 0 Å². The van der Waals surface area contributed by atoms with Gasteiger partial charge in [-0.1, -0.05) is 0 Å². The predicted molar refractivity (Wildman–Crippen MR) is 59.7 cm³/mol. The number of rotatable bonds is 4. The third kappa shape index (κ3) is 2.69. The fourth-order valence-electron chi connectivity index (χ4n) is 2.48. The highest BCUT2D eigenvalue weighted by atomic mass is 16.5. The number of hydrogen-bond donors (Lipinski definition) is 1. The maximum Gasteiger partial charge on any atom is 0.320 e. The summed E-state index contributed by atoms with van der Waals surface area (Å²) in [6, 6.07) is -0.319. The SMILES string of the molecule is CN1CC(CC(=O)O)N(CC2CCCO2)C1=O. The van der Waals surface area contributed by atoms with Gasteiger partial charge in [-0.15, -0.1) is 0 Å². The van der Waals surface area contributed by atoms with Gasteiger partial charge in [0.2, 0.25) is 0 Å². The molecule has 0 saturated carbocycles. The monoisotopic (exact) mass is 242 g/mol. The Hall–Kier alpha value is -1.30. The minimum Gasteiger partial charge on any atom is -0.481 e. The van der Waals surface area contributed by atoms with Crippen LogP contribution in [-0.4, -0.2) is 65.8 Å². The lowest BCUT2D eigenvalue weighted by Gasteiger charge is -2.24. The summed E-state index contributed by atoms with van der Waals surface area (Å²) >= 11 is 0. The van der Waals surface area contributed by atoms with Crippen LogP contribution in [0.2, 0.25) is 0 Å². The summed E-state index contributed by atoms with van der Waals surface area (Å²) in [5.74, 6) is -0.865. The van der Waals surface area contributed by atoms with E-state index in [-0.39, 0.29) is 24.6 Å². The first-order valence-corrected chi connectivity index (χ1v) is 5.93. The number of carboxylic acid groups (broad SMARTS) is 1. The van der Waals surface area contributed by atoms with Crippen LogP contribution in [0.5, 0.6) is 0 Å². The minimum atomic E-state index is -0.865. The van der Waals surface area contributed by atoms with Gasteiger partial charge in [-0.05, 0) is 12.8 Å². The van der Waals surface area contributed by atoms with E-state index < -0.39 is 5.97 Å². The standard InChI is InChI=1S/C11H18N2O4/c1-12-6-8(5-10(14)15)13(11(12)16)7-9-3-2-4-17-9/h8-9H,2-7H2,1H3,(H,14,15). The van der Waals surface area contributed by atoms with Crippen molar-refractivity contribution in [2.45, 2.75) is 31.4 Å². The average molecular weight is 242 g/mol. The summed E-state index contributed by atoms with van der Waals surface area (Å²) in [4.78, 5) is 25.9. The van der Waals surface area contributed by atoms with Crippen molar-refractivity contribution in [1.29, 1.82) is 0 Å². The normalized spacial score (nSPS) is 29.1. The molecule has 0 aromatic carbocycles. The van der Waals surface area contributed by atoms with E-state index in [2.05, 4.69) is 0 Å². The number of amides is 2. The fraction of sp³-hybridized carbons (Fsp3) is 0.818. The minimum absolute atomic E-state index is 0.00278. The summed E-state index contributed by atoms with van der Waals surface area (Å²) in [7, 11) is 1.70. The molecule has 17 heavy (non-hydrogen) atoms. The van der Waals surface area contributed by atoms with Gasteiger partial charge in [0.15, 0.2) is 0 Å². The molecule has 2 atom stereocenters. The van der Waals surface area contributed by atoms with Crippen molar-refractivity contribution in [3.05, 3.63) is 0 Å². The maximum atomic E-state index is 11.9. The predicted octanol–water partition coefficient (Wildman–Crippen LogP) is 0.376. The summed E-state index contributed by atoms with van der Waals surface area (Å²) in [5, 5.41) is 8.84. The van der Waals surface area contributed by atoms with Gasteiger partial charge in [-0.2, -0.15) is 0 Å². The highest BCUT2D eigenvalue weighted by molar-refractivity contribution is 5.78. The van der Waals surface area contributed by atoms with Crippen LogP contribution < -0.4 is 0 Å². The second-order valence-corrected chi connectivity index (χ2v) is 4.70. The van der Waals surface area contributed by atoms with Crippen molar-refractivity contribution < 1.29 is 19.4 Å². The van der Waals surface area contributed by atoms with E-state index in [1.807, 2.05) is 0 Å². The van der Waals surface area contributed by atoms with E-state index in [0.717, 1.165) is 19.4 Å². The molecule has 0 aromatic heterocycles. The number of urea groups is 1. The quantitative estimate of drug-likeness (QED) is 0.773. The Morgan fingerprint density at radius 3 is 2.94 bits per heavy atom. The Bertz CT molecular complexity index is 315. The molecule has 2 rings (SSSR count). The largest absolute Gasteiger partial charge is 0.481 e. The molecule has 0 bridgehead atoms. The van der Waals surface area contributed by atoms with Gasteiger partial charge in [-0.25, -0.2) is 4.79 Å². The zero-order valence-electron chi connectivity index (χ0n) is 9.96. The zero-order valence-corrected chi connectivity index (χ0v) is 9.96. The molecule has 2 amide bonds. The van der Waals surface area contributed by atoms with Gasteiger partial charge in [0.1, 0.15) is 0 Å². The van der Waals surface area contributed by atoms with Crippen LogP contribution in [0.25, 0.3) is 0 Å². The first-order valence-electron chi connectivity index (χ1n) is 5.93. The molecule has 2 aliphatic rings. The molecular formula is C11H18N2O4. The molecule has 0 aliphatic carbocycles. The number of carboxylic acids is 1. The van der Waals surface area contributed by atoms with E-state index in [4.69, 9.17) is 9.84 Å². The molecule has 0 aromatic rings. The van der Waals surface area contributed by atoms with Crippen molar-refractivity contribution in [3.63, 3.8) is 0 Å². The first kappa shape index (κ1) is 12.2. The lowest BCUT2D eigenvalue weighted by Crippen LogP contribution is -2.40. The molecular weight excluding hydrogens is 224 g/mol. The van der Waals surface area contributed by atoms with Crippen molar-refractivity contribution in [1.82, 2.24) is 9.80 Å². The number of aliphatic carboxylic acids is 1. The number of hydrogen-bond acceptors (Lipinski definition) is 3. The number of carbonyl (C=O) groups excluding carboxylic acids is 1. The van der Waals surface area contributed by atoms with E-state index >= 15 is 0 Å². The van der Waals surface area contributed by atoms with Crippen molar-refractivity contribution in [2.75, 3.05) is 26.7 Å². The van der Waals surface area contributed by atoms with Crippen LogP contribution in [0.4, 0.5) is 4.79 Å². The number of nitrogens with zero attached hydrogens (tertiary/aromatic N) is 2. The lowest BCUT2D eigenvalue weighted by atomic mass is 10.1. The summed E-state index contributed by atoms with van der Waals surface area (Å²) in [6.45, 7) is 1.74. The van der Waals surface area contributed by atoms with Gasteiger partial charge in [-0.3, -0.25) is 4.79 Å². The van der Waals surface area contributed by atoms with Gasteiger partial charge in [0.05, 0.1) is 18.6 Å². The molecule has 6 heteroatoms. The number of carbonyl (C=O) groups is 2. The number of ether oxygens (including phenoxy) is 1. The molecule has 2 unspecified atom stereocenters. The highest BCUT2D eigenvalue weighted by Gasteiger charge is 2.37. The van der Waals surface area contributed by atoms with Gasteiger partial charge in [0.25, 0.3) is 0 Å². The molecule has 2 fully saturated rings. The molecule has 96 valence electrons. The Morgan fingerprint density at radius 1 is 1.59 bits per heavy atom. The Balaban J connectivity index is 1.99. The van der Waals surface area contributed by atoms with E-state index in [0.29, 0.717) is 13.1 Å². The topological polar surface area (TPSA) is 70.1 Å². The Labute approximate surface area is 100 Å². The van der Waals surface area contributed by atoms with Gasteiger partial charge >= 0.3 is 12.0 Å². The van der Waals surface area contributed by atoms with Crippen LogP contribution in [0.1, 0.15) is 19.3 Å². The lowest BCUT2D eigenvalue weighted by molar-refractivity contribution is -0.138. The third-order valence-corrected chi connectivity index (χ3v) is 3.33. The van der Waals surface area contributed by atoms with Gasteiger partial charge < -0.3 is 19.6 Å². The molecule has 2 heterocycles. The number of likely N-dealkylation sites (N-methyl/N-ethyl adjacent to an activating group) is 1. The Morgan fingerprint density at radius 2 is 2.35 bits per heavy atom. The molecule has 0 radical (unpaired) electrons. The average Bonchev–Trinajstić information content (AvgIpc) is 2.83. The van der Waals surface area contributed by atoms with Crippen molar-refractivity contribution >= 4 is 12.0 Å². The molecule has 1 N–H and O–H groups in total. The Kier molecular flexibility index (Phi) is 3.51. The van der Waals surface area contributed by atoms with Crippen LogP contribution in [-0.2, 0) is 9.53 Å². The summed E-state index contributed by atoms with van der Waals surface area (Å²) < 4.78 is 5.49. The van der Waals surface area contributed by atoms with E-state index in [1.165, 1.54) is 0 Å². The molecule has 2 saturated heterocycles. The van der Waals surface area contributed by atoms with E-state index in [9.17, 15) is 9.59 Å². The smallest absolute Gasteiger partial charge is 0.320 e. The fourth-order valence-corrected chi connectivity index (χ4v) is 2.48. The van der Waals surface area contributed by atoms with Crippen molar-refractivity contribution in [2.24, 2.45) is 0 Å². The molecule has 2 aliphatic heterocycles. The van der Waals surface area contributed by atoms with Crippen LogP contribution in [0, 0.1) is 0 Å². The van der Waals surface area contributed by atoms with Crippen LogP contribution >= 0.6 is 0 Å². The van der Waals surface area contributed by atoms with Gasteiger partial charge in [0, 0.05) is 26.7 Å². The van der Waals surface area contributed by atoms with E-state index in [1.54, 1.807) is 16.8 Å². The zero-order chi connectivity index (χ0) is 12.4. The second-order valence-electron chi connectivity index (χ2n) is 4.70. The molecule has 6 nitrogen and oxygen atoms in total. The summed E-state index contributed by atoms with van der Waals surface area (Å²) in [6.07, 6.45) is 2.05. The highest BCUT2D eigenvalue weighted by Crippen LogP contribution is 2.21. The second kappa shape index (κ2) is 4.91. The molecule has 0 spiro atoms.